The standard InChI is InChI=1S/C12H15N3OS/c1-8-15-9(7-17-8)6-14-10-4-3-5-11(16-2)12(10)13/h3-5,7,14H,6,13H2,1-2H3. The lowest BCUT2D eigenvalue weighted by Gasteiger charge is -2.11. The van der Waals surface area contributed by atoms with Gasteiger partial charge in [0.2, 0.25) is 0 Å². The Labute approximate surface area is 104 Å². The number of aromatic nitrogens is 1. The van der Waals surface area contributed by atoms with Crippen molar-refractivity contribution in [1.29, 1.82) is 0 Å². The summed E-state index contributed by atoms with van der Waals surface area (Å²) in [6.45, 7) is 2.66. The number of anilines is 2. The fraction of sp³-hybridized carbons (Fsp3) is 0.250. The lowest BCUT2D eigenvalue weighted by molar-refractivity contribution is 0.417. The number of benzene rings is 1. The van der Waals surface area contributed by atoms with E-state index in [1.807, 2.05) is 30.5 Å². The van der Waals surface area contributed by atoms with Gasteiger partial charge in [0.25, 0.3) is 0 Å². The highest BCUT2D eigenvalue weighted by molar-refractivity contribution is 7.09. The SMILES string of the molecule is COc1cccc(NCc2csc(C)n2)c1N. The molecule has 1 aromatic heterocycles. The molecule has 0 amide bonds. The largest absolute Gasteiger partial charge is 0.495 e. The van der Waals surface area contributed by atoms with E-state index in [9.17, 15) is 0 Å². The van der Waals surface area contributed by atoms with Gasteiger partial charge in [-0.25, -0.2) is 4.98 Å². The van der Waals surface area contributed by atoms with Crippen molar-refractivity contribution < 1.29 is 4.74 Å². The van der Waals surface area contributed by atoms with E-state index in [1.54, 1.807) is 18.4 Å². The second-order valence-corrected chi connectivity index (χ2v) is 4.70. The predicted molar refractivity (Wildman–Crippen MR) is 71.6 cm³/mol. The summed E-state index contributed by atoms with van der Waals surface area (Å²) in [4.78, 5) is 4.38. The van der Waals surface area contributed by atoms with Gasteiger partial charge in [0, 0.05) is 5.38 Å². The number of rotatable bonds is 4. The van der Waals surface area contributed by atoms with Crippen LogP contribution in [0.3, 0.4) is 0 Å². The Morgan fingerprint density at radius 2 is 2.29 bits per heavy atom. The average molecular weight is 249 g/mol. The molecule has 0 fully saturated rings. The zero-order valence-electron chi connectivity index (χ0n) is 9.86. The Balaban J connectivity index is 2.09. The molecule has 1 heterocycles. The van der Waals surface area contributed by atoms with Gasteiger partial charge in [-0.3, -0.25) is 0 Å². The number of nitrogens with one attached hydrogen (secondary N) is 1. The van der Waals surface area contributed by atoms with Crippen molar-refractivity contribution in [2.75, 3.05) is 18.2 Å². The third-order valence-electron chi connectivity index (χ3n) is 2.41. The molecule has 0 aliphatic rings. The van der Waals surface area contributed by atoms with Crippen molar-refractivity contribution in [3.8, 4) is 5.75 Å². The highest BCUT2D eigenvalue weighted by Gasteiger charge is 2.05. The molecule has 5 heteroatoms. The molecule has 0 aliphatic carbocycles. The summed E-state index contributed by atoms with van der Waals surface area (Å²) >= 11 is 1.64. The Bertz CT molecular complexity index is 510. The molecular weight excluding hydrogens is 234 g/mol. The van der Waals surface area contributed by atoms with Crippen molar-refractivity contribution in [1.82, 2.24) is 4.98 Å². The van der Waals surface area contributed by atoms with Gasteiger partial charge < -0.3 is 15.8 Å². The summed E-state index contributed by atoms with van der Waals surface area (Å²) in [6.07, 6.45) is 0. The third-order valence-corrected chi connectivity index (χ3v) is 3.23. The topological polar surface area (TPSA) is 60.2 Å². The van der Waals surface area contributed by atoms with Crippen LogP contribution in [0.1, 0.15) is 10.7 Å². The quantitative estimate of drug-likeness (QED) is 0.818. The minimum atomic E-state index is 0.627. The summed E-state index contributed by atoms with van der Waals surface area (Å²) in [5.41, 5.74) is 8.48. The number of nitrogen functional groups attached to an aromatic ring is 1. The molecule has 2 rings (SSSR count). The number of hydrogen-bond acceptors (Lipinski definition) is 5. The van der Waals surface area contributed by atoms with Gasteiger partial charge in [-0.05, 0) is 19.1 Å². The first kappa shape index (κ1) is 11.7. The number of para-hydroxylation sites is 1. The predicted octanol–water partition coefficient (Wildman–Crippen LogP) is 2.65. The number of nitrogens with zero attached hydrogens (tertiary/aromatic N) is 1. The molecule has 90 valence electrons. The Kier molecular flexibility index (Phi) is 3.49. The fourth-order valence-electron chi connectivity index (χ4n) is 1.55. The maximum Gasteiger partial charge on any atom is 0.143 e. The maximum absolute atomic E-state index is 5.96. The van der Waals surface area contributed by atoms with Gasteiger partial charge in [-0.1, -0.05) is 6.07 Å². The molecular formula is C12H15N3OS. The van der Waals surface area contributed by atoms with Crippen LogP contribution in [0, 0.1) is 6.92 Å². The molecule has 0 saturated carbocycles. The van der Waals surface area contributed by atoms with E-state index in [1.165, 1.54) is 0 Å². The van der Waals surface area contributed by atoms with E-state index in [4.69, 9.17) is 10.5 Å². The molecule has 1 aromatic carbocycles. The van der Waals surface area contributed by atoms with Crippen molar-refractivity contribution >= 4 is 22.7 Å². The highest BCUT2D eigenvalue weighted by atomic mass is 32.1. The van der Waals surface area contributed by atoms with Crippen LogP contribution in [0.5, 0.6) is 5.75 Å². The average Bonchev–Trinajstić information content (AvgIpc) is 2.74. The van der Waals surface area contributed by atoms with E-state index >= 15 is 0 Å². The first-order valence-corrected chi connectivity index (χ1v) is 6.16. The zero-order chi connectivity index (χ0) is 12.3. The van der Waals surface area contributed by atoms with E-state index in [0.29, 0.717) is 18.0 Å². The normalized spacial score (nSPS) is 10.2. The van der Waals surface area contributed by atoms with Crippen LogP contribution < -0.4 is 15.8 Å². The molecule has 4 nitrogen and oxygen atoms in total. The second-order valence-electron chi connectivity index (χ2n) is 3.63. The number of ether oxygens (including phenoxy) is 1. The van der Waals surface area contributed by atoms with Crippen molar-refractivity contribution in [2.24, 2.45) is 0 Å². The monoisotopic (exact) mass is 249 g/mol. The summed E-state index contributed by atoms with van der Waals surface area (Å²) in [5.74, 6) is 0.685. The smallest absolute Gasteiger partial charge is 0.143 e. The number of hydrogen-bond donors (Lipinski definition) is 2. The van der Waals surface area contributed by atoms with Gasteiger partial charge >= 0.3 is 0 Å². The van der Waals surface area contributed by atoms with Gasteiger partial charge in [0.05, 0.1) is 35.7 Å². The minimum absolute atomic E-state index is 0.627. The summed E-state index contributed by atoms with van der Waals surface area (Å²) in [5, 5.41) is 6.37. The summed E-state index contributed by atoms with van der Waals surface area (Å²) in [7, 11) is 1.61. The van der Waals surface area contributed by atoms with Crippen LogP contribution in [0.2, 0.25) is 0 Å². The molecule has 0 aliphatic heterocycles. The molecule has 0 saturated heterocycles. The lowest BCUT2D eigenvalue weighted by atomic mass is 10.2. The van der Waals surface area contributed by atoms with Gasteiger partial charge in [-0.2, -0.15) is 0 Å². The van der Waals surface area contributed by atoms with Crippen molar-refractivity contribution in [3.05, 3.63) is 34.3 Å². The Morgan fingerprint density at radius 1 is 1.47 bits per heavy atom. The van der Waals surface area contributed by atoms with E-state index in [2.05, 4.69) is 10.3 Å². The molecule has 0 bridgehead atoms. The molecule has 0 spiro atoms. The lowest BCUT2D eigenvalue weighted by Crippen LogP contribution is -2.03. The van der Waals surface area contributed by atoms with E-state index in [-0.39, 0.29) is 0 Å². The number of methoxy groups -OCH3 is 1. The summed E-state index contributed by atoms with van der Waals surface area (Å²) < 4.78 is 5.16. The van der Waals surface area contributed by atoms with Gasteiger partial charge in [0.1, 0.15) is 5.75 Å². The van der Waals surface area contributed by atoms with Crippen LogP contribution in [0.15, 0.2) is 23.6 Å². The van der Waals surface area contributed by atoms with Crippen molar-refractivity contribution in [3.63, 3.8) is 0 Å². The van der Waals surface area contributed by atoms with Crippen LogP contribution in [0.4, 0.5) is 11.4 Å². The number of thiazole rings is 1. The van der Waals surface area contributed by atoms with E-state index < -0.39 is 0 Å². The second kappa shape index (κ2) is 5.05. The third kappa shape index (κ3) is 2.68. The number of aryl methyl sites for hydroxylation is 1. The van der Waals surface area contributed by atoms with E-state index in [0.717, 1.165) is 16.4 Å². The first-order valence-electron chi connectivity index (χ1n) is 5.28. The van der Waals surface area contributed by atoms with Crippen molar-refractivity contribution in [2.45, 2.75) is 13.5 Å². The molecule has 0 unspecified atom stereocenters. The molecule has 2 aromatic rings. The van der Waals surface area contributed by atoms with Gasteiger partial charge in [0.15, 0.2) is 0 Å². The molecule has 0 radical (unpaired) electrons. The zero-order valence-corrected chi connectivity index (χ0v) is 10.7. The maximum atomic E-state index is 5.96. The van der Waals surface area contributed by atoms with Crippen LogP contribution in [-0.4, -0.2) is 12.1 Å². The Hall–Kier alpha value is -1.75. The minimum Gasteiger partial charge on any atom is -0.495 e. The highest BCUT2D eigenvalue weighted by Crippen LogP contribution is 2.29. The fourth-order valence-corrected chi connectivity index (χ4v) is 2.16. The van der Waals surface area contributed by atoms with Crippen LogP contribution in [-0.2, 0) is 6.54 Å². The number of nitrogens with two attached hydrogens (primary N) is 1. The molecule has 0 atom stereocenters. The molecule has 3 N–H and O–H groups in total. The Morgan fingerprint density at radius 3 is 2.94 bits per heavy atom. The van der Waals surface area contributed by atoms with Gasteiger partial charge in [-0.15, -0.1) is 11.3 Å². The summed E-state index contributed by atoms with van der Waals surface area (Å²) in [6, 6.07) is 5.68. The van der Waals surface area contributed by atoms with Crippen LogP contribution >= 0.6 is 11.3 Å². The molecule has 17 heavy (non-hydrogen) atoms. The van der Waals surface area contributed by atoms with Crippen LogP contribution in [0.25, 0.3) is 0 Å². The first-order chi connectivity index (χ1) is 8.20.